The molecular weight excluding hydrogens is 465 g/mol. The van der Waals surface area contributed by atoms with E-state index < -0.39 is 0 Å². The Morgan fingerprint density at radius 1 is 1.18 bits per heavy atom. The zero-order chi connectivity index (χ0) is 19.2. The number of piperazine rings is 1. The molecule has 1 fully saturated rings. The van der Waals surface area contributed by atoms with Gasteiger partial charge in [0.05, 0.1) is 6.54 Å². The van der Waals surface area contributed by atoms with E-state index in [9.17, 15) is 0 Å². The SMILES string of the molecule is CN=C(NCc1oc2ccccc2c1C)NCC(C)CN1CCN(C)CC1.I. The molecule has 1 aliphatic heterocycles. The van der Waals surface area contributed by atoms with Gasteiger partial charge in [0.25, 0.3) is 0 Å². The number of furan rings is 1. The van der Waals surface area contributed by atoms with Crippen molar-refractivity contribution in [2.75, 3.05) is 53.4 Å². The molecular formula is C21H34IN5O. The van der Waals surface area contributed by atoms with E-state index in [2.05, 4.69) is 52.4 Å². The van der Waals surface area contributed by atoms with Gasteiger partial charge in [0.2, 0.25) is 0 Å². The Labute approximate surface area is 185 Å². The van der Waals surface area contributed by atoms with Crippen LogP contribution < -0.4 is 10.6 Å². The molecule has 7 heteroatoms. The van der Waals surface area contributed by atoms with Crippen molar-refractivity contribution >= 4 is 40.9 Å². The molecule has 156 valence electrons. The molecule has 1 unspecified atom stereocenters. The van der Waals surface area contributed by atoms with Crippen LogP contribution in [0.2, 0.25) is 0 Å². The van der Waals surface area contributed by atoms with Crippen LogP contribution in [0.3, 0.4) is 0 Å². The van der Waals surface area contributed by atoms with Crippen molar-refractivity contribution in [2.45, 2.75) is 20.4 Å². The summed E-state index contributed by atoms with van der Waals surface area (Å²) < 4.78 is 5.97. The van der Waals surface area contributed by atoms with E-state index in [1.807, 2.05) is 25.2 Å². The zero-order valence-electron chi connectivity index (χ0n) is 17.5. The first-order valence-electron chi connectivity index (χ1n) is 9.89. The summed E-state index contributed by atoms with van der Waals surface area (Å²) in [5.74, 6) is 2.35. The second-order valence-electron chi connectivity index (χ2n) is 7.66. The lowest BCUT2D eigenvalue weighted by molar-refractivity contribution is 0.139. The molecule has 2 N–H and O–H groups in total. The Hall–Kier alpha value is -1.32. The Kier molecular flexibility index (Phi) is 9.04. The molecule has 3 rings (SSSR count). The van der Waals surface area contributed by atoms with Crippen molar-refractivity contribution in [3.63, 3.8) is 0 Å². The number of halogens is 1. The van der Waals surface area contributed by atoms with Crippen molar-refractivity contribution in [3.05, 3.63) is 35.6 Å². The minimum Gasteiger partial charge on any atom is -0.459 e. The van der Waals surface area contributed by atoms with Crippen LogP contribution in [0.15, 0.2) is 33.7 Å². The van der Waals surface area contributed by atoms with E-state index in [0.29, 0.717) is 12.5 Å². The van der Waals surface area contributed by atoms with Crippen LogP contribution >= 0.6 is 24.0 Å². The number of para-hydroxylation sites is 1. The highest BCUT2D eigenvalue weighted by Gasteiger charge is 2.16. The fraction of sp³-hybridized carbons (Fsp3) is 0.571. The van der Waals surface area contributed by atoms with Crippen molar-refractivity contribution in [1.82, 2.24) is 20.4 Å². The molecule has 0 amide bonds. The average Bonchev–Trinajstić information content (AvgIpc) is 3.00. The maximum Gasteiger partial charge on any atom is 0.191 e. The first kappa shape index (κ1) is 23.0. The minimum atomic E-state index is 0. The average molecular weight is 499 g/mol. The molecule has 1 aromatic carbocycles. The predicted octanol–water partition coefficient (Wildman–Crippen LogP) is 2.91. The van der Waals surface area contributed by atoms with Gasteiger partial charge >= 0.3 is 0 Å². The number of nitrogens with one attached hydrogen (secondary N) is 2. The van der Waals surface area contributed by atoms with Gasteiger partial charge in [-0.1, -0.05) is 25.1 Å². The Balaban J connectivity index is 0.00000280. The molecule has 0 aliphatic carbocycles. The second kappa shape index (κ2) is 11.0. The zero-order valence-corrected chi connectivity index (χ0v) is 19.8. The van der Waals surface area contributed by atoms with Gasteiger partial charge in [0.1, 0.15) is 11.3 Å². The molecule has 0 bridgehead atoms. The van der Waals surface area contributed by atoms with Gasteiger partial charge in [0, 0.05) is 57.3 Å². The topological polar surface area (TPSA) is 56.0 Å². The smallest absolute Gasteiger partial charge is 0.191 e. The van der Waals surface area contributed by atoms with Gasteiger partial charge in [-0.25, -0.2) is 0 Å². The van der Waals surface area contributed by atoms with Crippen LogP contribution in [0.4, 0.5) is 0 Å². The van der Waals surface area contributed by atoms with Crippen molar-refractivity contribution < 1.29 is 4.42 Å². The molecule has 6 nitrogen and oxygen atoms in total. The van der Waals surface area contributed by atoms with Crippen LogP contribution in [0, 0.1) is 12.8 Å². The molecule has 28 heavy (non-hydrogen) atoms. The molecule has 1 saturated heterocycles. The maximum atomic E-state index is 5.97. The lowest BCUT2D eigenvalue weighted by Gasteiger charge is -2.34. The summed E-state index contributed by atoms with van der Waals surface area (Å²) in [6, 6.07) is 8.17. The number of fused-ring (bicyclic) bond motifs is 1. The fourth-order valence-corrected chi connectivity index (χ4v) is 3.58. The molecule has 1 aliphatic rings. The molecule has 2 aromatic rings. The third-order valence-corrected chi connectivity index (χ3v) is 5.37. The van der Waals surface area contributed by atoms with Gasteiger partial charge in [-0.05, 0) is 26.0 Å². The summed E-state index contributed by atoms with van der Waals surface area (Å²) in [4.78, 5) is 9.30. The molecule has 0 spiro atoms. The van der Waals surface area contributed by atoms with Crippen molar-refractivity contribution in [3.8, 4) is 0 Å². The Bertz CT molecular complexity index is 767. The number of nitrogens with zero attached hydrogens (tertiary/aromatic N) is 3. The second-order valence-corrected chi connectivity index (χ2v) is 7.66. The monoisotopic (exact) mass is 499 g/mol. The number of aliphatic imine (C=N–C) groups is 1. The van der Waals surface area contributed by atoms with E-state index >= 15 is 0 Å². The van der Waals surface area contributed by atoms with E-state index in [-0.39, 0.29) is 24.0 Å². The van der Waals surface area contributed by atoms with Crippen LogP contribution in [-0.2, 0) is 6.54 Å². The standard InChI is InChI=1S/C21H33N5O.HI/c1-16(15-26-11-9-25(4)10-12-26)13-23-21(22-3)24-14-20-17(2)18-7-5-6-8-19(18)27-20;/h5-8,16H,9-15H2,1-4H3,(H2,22,23,24);1H. The minimum absolute atomic E-state index is 0. The lowest BCUT2D eigenvalue weighted by atomic mass is 10.1. The van der Waals surface area contributed by atoms with E-state index in [0.717, 1.165) is 30.4 Å². The van der Waals surface area contributed by atoms with Gasteiger partial charge in [0.15, 0.2) is 5.96 Å². The first-order chi connectivity index (χ1) is 13.1. The molecule has 0 radical (unpaired) electrons. The fourth-order valence-electron chi connectivity index (χ4n) is 3.58. The quantitative estimate of drug-likeness (QED) is 0.364. The van der Waals surface area contributed by atoms with Gasteiger partial charge < -0.3 is 24.9 Å². The van der Waals surface area contributed by atoms with Crippen LogP contribution in [0.25, 0.3) is 11.0 Å². The number of rotatable bonds is 6. The van der Waals surface area contributed by atoms with E-state index in [4.69, 9.17) is 4.42 Å². The van der Waals surface area contributed by atoms with Gasteiger partial charge in [-0.2, -0.15) is 0 Å². The van der Waals surface area contributed by atoms with Crippen molar-refractivity contribution in [2.24, 2.45) is 10.9 Å². The first-order valence-corrected chi connectivity index (χ1v) is 9.89. The number of hydrogen-bond donors (Lipinski definition) is 2. The lowest BCUT2D eigenvalue weighted by Crippen LogP contribution is -2.47. The summed E-state index contributed by atoms with van der Waals surface area (Å²) in [5.41, 5.74) is 2.13. The third-order valence-electron chi connectivity index (χ3n) is 5.37. The molecule has 1 aromatic heterocycles. The summed E-state index contributed by atoms with van der Waals surface area (Å²) in [7, 11) is 4.01. The largest absolute Gasteiger partial charge is 0.459 e. The summed E-state index contributed by atoms with van der Waals surface area (Å²) in [5, 5.41) is 8.01. The Morgan fingerprint density at radius 3 is 2.57 bits per heavy atom. The van der Waals surface area contributed by atoms with Crippen LogP contribution in [0.5, 0.6) is 0 Å². The van der Waals surface area contributed by atoms with E-state index in [1.54, 1.807) is 0 Å². The highest BCUT2D eigenvalue weighted by Crippen LogP contribution is 2.24. The molecule has 2 heterocycles. The van der Waals surface area contributed by atoms with Crippen molar-refractivity contribution in [1.29, 1.82) is 0 Å². The summed E-state index contributed by atoms with van der Waals surface area (Å²) in [6.07, 6.45) is 0. The van der Waals surface area contributed by atoms with Gasteiger partial charge in [-0.3, -0.25) is 4.99 Å². The number of aryl methyl sites for hydroxylation is 1. The highest BCUT2D eigenvalue weighted by atomic mass is 127. The number of hydrogen-bond acceptors (Lipinski definition) is 4. The summed E-state index contributed by atoms with van der Waals surface area (Å²) in [6.45, 7) is 11.7. The maximum absolute atomic E-state index is 5.97. The van der Waals surface area contributed by atoms with Gasteiger partial charge in [-0.15, -0.1) is 24.0 Å². The van der Waals surface area contributed by atoms with Crippen LogP contribution in [0.1, 0.15) is 18.2 Å². The predicted molar refractivity (Wildman–Crippen MR) is 128 cm³/mol. The third kappa shape index (κ3) is 6.09. The summed E-state index contributed by atoms with van der Waals surface area (Å²) >= 11 is 0. The van der Waals surface area contributed by atoms with Crippen LogP contribution in [-0.4, -0.2) is 69.1 Å². The molecule has 0 saturated carbocycles. The number of guanidine groups is 1. The van der Waals surface area contributed by atoms with E-state index in [1.165, 1.54) is 37.1 Å². The number of likely N-dealkylation sites (N-methyl/N-ethyl adjacent to an activating group) is 1. The molecule has 1 atom stereocenters. The number of benzene rings is 1. The normalized spacial score (nSPS) is 17.4. The Morgan fingerprint density at radius 2 is 1.89 bits per heavy atom. The highest BCUT2D eigenvalue weighted by molar-refractivity contribution is 14.0.